The highest BCUT2D eigenvalue weighted by molar-refractivity contribution is 8.00. The molecule has 19 heteroatoms. The number of hydrogen-bond acceptors (Lipinski definition) is 13. The molecule has 1 aromatic carbocycles. The Hall–Kier alpha value is -4.39. The van der Waals surface area contributed by atoms with Crippen LogP contribution in [0.2, 0.25) is 5.02 Å². The number of rotatable bonds is 10. The van der Waals surface area contributed by atoms with E-state index in [1.54, 1.807) is 4.90 Å². The molecule has 4 atom stereocenters. The van der Waals surface area contributed by atoms with E-state index in [9.17, 15) is 39.3 Å². The number of aromatic nitrogens is 1. The van der Waals surface area contributed by atoms with Gasteiger partial charge in [0.2, 0.25) is 0 Å². The third kappa shape index (κ3) is 6.36. The molecule has 3 fully saturated rings. The van der Waals surface area contributed by atoms with Crippen molar-refractivity contribution in [2.45, 2.75) is 49.7 Å². The van der Waals surface area contributed by atoms with Crippen LogP contribution in [0, 0.1) is 0 Å². The predicted molar refractivity (Wildman–Crippen MR) is 183 cm³/mol. The number of anilines is 1. The van der Waals surface area contributed by atoms with Crippen LogP contribution in [-0.4, -0.2) is 132 Å². The normalized spacial score (nSPS) is 25.1. The van der Waals surface area contributed by atoms with E-state index in [1.165, 1.54) is 48.0 Å². The maximum absolute atomic E-state index is 13.5. The molecule has 1 aromatic heterocycles. The fraction of sp³-hybridized carbons (Fsp3) is 0.452. The van der Waals surface area contributed by atoms with Crippen LogP contribution >= 0.6 is 34.7 Å². The van der Waals surface area contributed by atoms with E-state index in [2.05, 4.69) is 15.5 Å². The zero-order valence-corrected chi connectivity index (χ0v) is 29.4. The number of carboxylic acid groups (broad SMARTS) is 1. The van der Waals surface area contributed by atoms with Crippen molar-refractivity contribution < 1.29 is 48.6 Å². The van der Waals surface area contributed by atoms with E-state index < -0.39 is 46.3 Å². The molecular weight excluding hydrogens is 714 g/mol. The number of nitrogen functional groups attached to an aromatic ring is 1. The zero-order chi connectivity index (χ0) is 36.1. The van der Waals surface area contributed by atoms with Gasteiger partial charge in [0.05, 0.1) is 36.8 Å². The summed E-state index contributed by atoms with van der Waals surface area (Å²) in [5.41, 5.74) is 4.75. The molecule has 0 spiro atoms. The Morgan fingerprint density at radius 2 is 2.04 bits per heavy atom. The third-order valence-corrected chi connectivity index (χ3v) is 11.8. The maximum atomic E-state index is 13.5. The Morgan fingerprint density at radius 1 is 1.28 bits per heavy atom. The summed E-state index contributed by atoms with van der Waals surface area (Å²) >= 11 is 8.57. The number of benzene rings is 1. The van der Waals surface area contributed by atoms with E-state index in [0.717, 1.165) is 30.7 Å². The molecule has 0 bridgehead atoms. The Bertz CT molecular complexity index is 1850. The first-order valence-corrected chi connectivity index (χ1v) is 18.0. The van der Waals surface area contributed by atoms with Gasteiger partial charge in [0.1, 0.15) is 35.4 Å². The first kappa shape index (κ1) is 35.4. The first-order chi connectivity index (χ1) is 23.7. The number of piperazine rings is 1. The van der Waals surface area contributed by atoms with Gasteiger partial charge in [0, 0.05) is 29.5 Å². The summed E-state index contributed by atoms with van der Waals surface area (Å²) in [5, 5.41) is 37.4. The van der Waals surface area contributed by atoms with Crippen molar-refractivity contribution in [1.82, 2.24) is 20.1 Å². The number of thiazole rings is 1. The number of nitrogens with one attached hydrogen (secondary N) is 1. The number of aromatic hydroxyl groups is 2. The van der Waals surface area contributed by atoms with E-state index in [0.29, 0.717) is 48.3 Å². The fourth-order valence-corrected chi connectivity index (χ4v) is 8.99. The third-order valence-electron chi connectivity index (χ3n) is 9.45. The lowest BCUT2D eigenvalue weighted by molar-refractivity contribution is -0.938. The molecule has 0 radical (unpaired) electrons. The van der Waals surface area contributed by atoms with Gasteiger partial charge in [-0.15, -0.1) is 23.1 Å². The predicted octanol–water partition coefficient (Wildman–Crippen LogP) is 1.36. The van der Waals surface area contributed by atoms with Crippen molar-refractivity contribution in [2.75, 3.05) is 44.2 Å². The van der Waals surface area contributed by atoms with Gasteiger partial charge in [-0.25, -0.2) is 9.78 Å². The average molecular weight is 749 g/mol. The van der Waals surface area contributed by atoms with Gasteiger partial charge >= 0.3 is 5.97 Å². The second-order valence-electron chi connectivity index (χ2n) is 13.1. The molecule has 0 aliphatic carbocycles. The highest BCUT2D eigenvalue weighted by atomic mass is 35.5. The summed E-state index contributed by atoms with van der Waals surface area (Å²) in [4.78, 5) is 76.6. The highest BCUT2D eigenvalue weighted by Crippen LogP contribution is 2.43. The number of fused-ring (bicyclic) bond motifs is 2. The molecular formula is C31H35ClN7O9S2+. The van der Waals surface area contributed by atoms with Crippen molar-refractivity contribution in [3.8, 4) is 11.5 Å². The SMILES string of the molecule is CC(C)(C=O)O/N=C(\C(=O)N[C@@H]1C(=O)N2C(C(=O)O)=C(C[N+]34CCC[C@H]3CN(C(=O)c3ccc(O)c(O)c3Cl)CC4)CS[C@H]12)c1csc(N)n1. The molecule has 0 saturated carbocycles. The fourth-order valence-electron chi connectivity index (χ4n) is 6.86. The first-order valence-electron chi connectivity index (χ1n) is 15.7. The number of quaternary nitrogens is 1. The lowest BCUT2D eigenvalue weighted by Gasteiger charge is -2.51. The van der Waals surface area contributed by atoms with Crippen LogP contribution in [0.5, 0.6) is 11.5 Å². The number of aliphatic carboxylic acids is 1. The van der Waals surface area contributed by atoms with E-state index in [1.807, 2.05) is 0 Å². The van der Waals surface area contributed by atoms with Crippen molar-refractivity contribution >= 4 is 75.5 Å². The van der Waals surface area contributed by atoms with Gasteiger partial charge in [-0.05, 0) is 26.0 Å². The van der Waals surface area contributed by atoms with Gasteiger partial charge in [-0.2, -0.15) is 0 Å². The summed E-state index contributed by atoms with van der Waals surface area (Å²) < 4.78 is 0.561. The number of phenols is 2. The average Bonchev–Trinajstić information content (AvgIpc) is 3.71. The number of hydrogen-bond donors (Lipinski definition) is 5. The number of carbonyl (C=O) groups excluding carboxylic acids is 4. The minimum atomic E-state index is -1.35. The topological polar surface area (TPSA) is 225 Å². The lowest BCUT2D eigenvalue weighted by Crippen LogP contribution is -2.71. The molecule has 4 aliphatic rings. The summed E-state index contributed by atoms with van der Waals surface area (Å²) in [6.07, 6.45) is 2.20. The van der Waals surface area contributed by atoms with Gasteiger partial charge in [0.25, 0.3) is 17.7 Å². The molecule has 6 rings (SSSR count). The summed E-state index contributed by atoms with van der Waals surface area (Å²) in [5.74, 6) is -3.71. The zero-order valence-electron chi connectivity index (χ0n) is 27.0. The molecule has 50 heavy (non-hydrogen) atoms. The number of oxime groups is 1. The monoisotopic (exact) mass is 748 g/mol. The van der Waals surface area contributed by atoms with Crippen molar-refractivity contribution in [1.29, 1.82) is 0 Å². The molecule has 3 saturated heterocycles. The summed E-state index contributed by atoms with van der Waals surface area (Å²) in [7, 11) is 0. The quantitative estimate of drug-likeness (QED) is 0.0580. The molecule has 6 N–H and O–H groups in total. The molecule has 4 aliphatic heterocycles. The van der Waals surface area contributed by atoms with Crippen molar-refractivity contribution in [3.05, 3.63) is 45.1 Å². The number of β-lactam (4-membered cyclic amide) rings is 1. The summed E-state index contributed by atoms with van der Waals surface area (Å²) in [6, 6.07) is 1.53. The molecule has 266 valence electrons. The Morgan fingerprint density at radius 3 is 2.72 bits per heavy atom. The molecule has 2 aromatic rings. The van der Waals surface area contributed by atoms with Crippen LogP contribution in [0.15, 0.2) is 33.9 Å². The number of aldehydes is 1. The minimum absolute atomic E-state index is 0.00505. The van der Waals surface area contributed by atoms with Crippen LogP contribution in [-0.2, 0) is 24.0 Å². The Labute approximate surface area is 299 Å². The second kappa shape index (κ2) is 13.4. The van der Waals surface area contributed by atoms with E-state index in [4.69, 9.17) is 22.2 Å². The van der Waals surface area contributed by atoms with E-state index >= 15 is 0 Å². The molecule has 1 unspecified atom stereocenters. The van der Waals surface area contributed by atoms with Gasteiger partial charge in [0.15, 0.2) is 34.2 Å². The maximum Gasteiger partial charge on any atom is 0.352 e. The van der Waals surface area contributed by atoms with Crippen LogP contribution < -0.4 is 11.1 Å². The number of carboxylic acids is 1. The van der Waals surface area contributed by atoms with Crippen LogP contribution in [0.4, 0.5) is 5.13 Å². The molecule has 5 heterocycles. The second-order valence-corrected chi connectivity index (χ2v) is 15.5. The molecule has 3 amide bonds. The van der Waals surface area contributed by atoms with E-state index in [-0.39, 0.29) is 44.8 Å². The lowest BCUT2D eigenvalue weighted by atomic mass is 10.0. The molecule has 16 nitrogen and oxygen atoms in total. The number of phenolic OH excluding ortho intramolecular Hbond substituents is 2. The number of halogens is 1. The van der Waals surface area contributed by atoms with Gasteiger partial charge in [-0.3, -0.25) is 24.1 Å². The Balaban J connectivity index is 1.18. The highest BCUT2D eigenvalue weighted by Gasteiger charge is 2.56. The van der Waals surface area contributed by atoms with Gasteiger partial charge < -0.3 is 40.6 Å². The number of thioether (sulfide) groups is 1. The van der Waals surface area contributed by atoms with Crippen LogP contribution in [0.25, 0.3) is 0 Å². The largest absolute Gasteiger partial charge is 0.504 e. The number of amides is 3. The summed E-state index contributed by atoms with van der Waals surface area (Å²) in [6.45, 7) is 5.35. The standard InChI is InChI=1S/C31H34ClN7O9S2/c1-31(2,14-40)48-36-21(18-13-50-30(33)34-18)25(43)35-22-27(45)38-23(29(46)47)15(12-49-28(22)38)11-39-8-3-4-16(39)10-37(7-9-39)26(44)17-5-6-19(41)24(42)20(17)32/h5-6,13-14,16,22,28H,3-4,7-12H2,1-2H3,(H5-,33,34,35,36,41,42,43,44,46,47)/p+1/t16-,22+,28+,39?/m0/s1. The minimum Gasteiger partial charge on any atom is -0.504 e. The Kier molecular flexibility index (Phi) is 9.49. The number of nitrogens with two attached hydrogens (primary N) is 1. The van der Waals surface area contributed by atoms with Crippen LogP contribution in [0.3, 0.4) is 0 Å². The van der Waals surface area contributed by atoms with Crippen molar-refractivity contribution in [2.24, 2.45) is 5.16 Å². The van der Waals surface area contributed by atoms with Crippen molar-refractivity contribution in [3.63, 3.8) is 0 Å². The number of carbonyl (C=O) groups is 5. The number of nitrogens with zero attached hydrogens (tertiary/aromatic N) is 5. The van der Waals surface area contributed by atoms with Gasteiger partial charge in [-0.1, -0.05) is 16.8 Å². The van der Waals surface area contributed by atoms with Crippen LogP contribution in [0.1, 0.15) is 42.7 Å². The smallest absolute Gasteiger partial charge is 0.352 e.